The molecular weight excluding hydrogens is 506 g/mol. The van der Waals surface area contributed by atoms with Crippen LogP contribution in [0.3, 0.4) is 0 Å². The normalized spacial score (nSPS) is 17.0. The zero-order chi connectivity index (χ0) is 23.6. The third-order valence-electron chi connectivity index (χ3n) is 5.28. The number of hydrogen-bond donors (Lipinski definition) is 1. The van der Waals surface area contributed by atoms with Gasteiger partial charge in [0.05, 0.1) is 24.2 Å². The van der Waals surface area contributed by atoms with Gasteiger partial charge in [-0.15, -0.1) is 22.7 Å². The Hall–Kier alpha value is -2.18. The molecule has 3 aromatic rings. The summed E-state index contributed by atoms with van der Waals surface area (Å²) in [7, 11) is -0.679. The van der Waals surface area contributed by atoms with Crippen molar-refractivity contribution < 1.29 is 22.7 Å². The second kappa shape index (κ2) is 9.98. The number of halogens is 1. The molecule has 3 heterocycles. The summed E-state index contributed by atoms with van der Waals surface area (Å²) in [5.74, 6) is 0.874. The van der Waals surface area contributed by atoms with Gasteiger partial charge < -0.3 is 14.8 Å². The summed E-state index contributed by atoms with van der Waals surface area (Å²) in [6.45, 7) is 0.278. The van der Waals surface area contributed by atoms with Crippen molar-refractivity contribution in [3.63, 3.8) is 0 Å². The number of ether oxygens (including phenoxy) is 2. The molecule has 0 bridgehead atoms. The van der Waals surface area contributed by atoms with Crippen molar-refractivity contribution in [1.82, 2.24) is 9.29 Å². The monoisotopic (exact) mass is 527 g/mol. The van der Waals surface area contributed by atoms with E-state index in [0.717, 1.165) is 23.3 Å². The maximum absolute atomic E-state index is 13.1. The van der Waals surface area contributed by atoms with Crippen LogP contribution >= 0.6 is 34.3 Å². The van der Waals surface area contributed by atoms with Crippen LogP contribution < -0.4 is 14.8 Å². The number of nitrogens with zero attached hydrogens (tertiary/aromatic N) is 2. The smallest absolute Gasteiger partial charge is 0.253 e. The number of thiophene rings is 1. The van der Waals surface area contributed by atoms with Gasteiger partial charge in [-0.25, -0.2) is 13.4 Å². The van der Waals surface area contributed by atoms with E-state index in [2.05, 4.69) is 10.3 Å². The van der Waals surface area contributed by atoms with Crippen LogP contribution in [-0.4, -0.2) is 50.4 Å². The van der Waals surface area contributed by atoms with E-state index in [-0.39, 0.29) is 10.8 Å². The fraction of sp³-hybridized carbons (Fsp3) is 0.333. The average molecular weight is 528 g/mol. The molecule has 1 aromatic carbocycles. The lowest BCUT2D eigenvalue weighted by atomic mass is 10.0. The number of rotatable bonds is 7. The van der Waals surface area contributed by atoms with Gasteiger partial charge in [0.25, 0.3) is 10.0 Å². The van der Waals surface area contributed by atoms with Gasteiger partial charge in [-0.2, -0.15) is 4.31 Å². The molecule has 0 saturated carbocycles. The molecule has 176 valence electrons. The SMILES string of the molecule is COc1ccc(OC)c(-c2csc(NC(=O)C3CCCCN3S(=O)(=O)c3ccc(Cl)s3)n2)c1. The van der Waals surface area contributed by atoms with Gasteiger partial charge >= 0.3 is 0 Å². The summed E-state index contributed by atoms with van der Waals surface area (Å²) in [6.07, 6.45) is 1.89. The lowest BCUT2D eigenvalue weighted by Gasteiger charge is -2.32. The number of hydrogen-bond acceptors (Lipinski definition) is 8. The number of anilines is 1. The standard InChI is InChI=1S/C21H22ClN3O5S3/c1-29-13-6-7-17(30-2)14(11-13)15-12-31-21(23-15)24-20(26)16-5-3-4-10-25(16)33(27,28)19-9-8-18(22)32-19/h6-9,11-12,16H,3-5,10H2,1-2H3,(H,23,24,26). The molecule has 1 atom stereocenters. The van der Waals surface area contributed by atoms with Crippen LogP contribution in [0.5, 0.6) is 11.5 Å². The molecule has 0 radical (unpaired) electrons. The highest BCUT2D eigenvalue weighted by atomic mass is 35.5. The highest BCUT2D eigenvalue weighted by molar-refractivity contribution is 7.91. The third-order valence-corrected chi connectivity index (χ3v) is 9.65. The average Bonchev–Trinajstić information content (AvgIpc) is 3.48. The largest absolute Gasteiger partial charge is 0.497 e. The van der Waals surface area contributed by atoms with Gasteiger partial charge in [-0.3, -0.25) is 4.79 Å². The Bertz CT molecular complexity index is 1260. The number of thiazole rings is 1. The van der Waals surface area contributed by atoms with Crippen LogP contribution in [0, 0.1) is 0 Å². The quantitative estimate of drug-likeness (QED) is 0.477. The van der Waals surface area contributed by atoms with E-state index >= 15 is 0 Å². The predicted molar refractivity (Wildman–Crippen MR) is 130 cm³/mol. The number of benzene rings is 1. The maximum atomic E-state index is 13.1. The Kier molecular flexibility index (Phi) is 7.25. The van der Waals surface area contributed by atoms with Crippen molar-refractivity contribution in [2.45, 2.75) is 29.5 Å². The minimum atomic E-state index is -3.82. The summed E-state index contributed by atoms with van der Waals surface area (Å²) in [4.78, 5) is 17.6. The minimum Gasteiger partial charge on any atom is -0.497 e. The van der Waals surface area contributed by atoms with Gasteiger partial charge in [-0.1, -0.05) is 18.0 Å². The number of carbonyl (C=O) groups excluding carboxylic acids is 1. The number of piperidine rings is 1. The van der Waals surface area contributed by atoms with E-state index in [1.807, 2.05) is 0 Å². The molecular formula is C21H22ClN3O5S3. The van der Waals surface area contributed by atoms with E-state index in [0.29, 0.717) is 39.5 Å². The molecule has 33 heavy (non-hydrogen) atoms. The van der Waals surface area contributed by atoms with Crippen LogP contribution in [-0.2, 0) is 14.8 Å². The molecule has 2 aromatic heterocycles. The molecule has 0 spiro atoms. The predicted octanol–water partition coefficient (Wildman–Crippen LogP) is 4.72. The Labute approximate surface area is 205 Å². The van der Waals surface area contributed by atoms with Crippen LogP contribution in [0.4, 0.5) is 5.13 Å². The van der Waals surface area contributed by atoms with E-state index in [4.69, 9.17) is 21.1 Å². The first-order valence-electron chi connectivity index (χ1n) is 10.1. The van der Waals surface area contributed by atoms with Gasteiger partial charge in [-0.05, 0) is 43.2 Å². The number of aromatic nitrogens is 1. The van der Waals surface area contributed by atoms with Gasteiger partial charge in [0.15, 0.2) is 5.13 Å². The van der Waals surface area contributed by atoms with Gasteiger partial charge in [0.1, 0.15) is 21.8 Å². The molecule has 1 saturated heterocycles. The lowest BCUT2D eigenvalue weighted by Crippen LogP contribution is -2.49. The lowest BCUT2D eigenvalue weighted by molar-refractivity contribution is -0.120. The summed E-state index contributed by atoms with van der Waals surface area (Å²) in [5, 5.41) is 4.97. The molecule has 1 N–H and O–H groups in total. The van der Waals surface area contributed by atoms with Crippen molar-refractivity contribution in [2.24, 2.45) is 0 Å². The van der Waals surface area contributed by atoms with Crippen molar-refractivity contribution in [1.29, 1.82) is 0 Å². The summed E-state index contributed by atoms with van der Waals surface area (Å²) in [5.41, 5.74) is 1.34. The summed E-state index contributed by atoms with van der Waals surface area (Å²) in [6, 6.07) is 7.58. The maximum Gasteiger partial charge on any atom is 0.253 e. The zero-order valence-electron chi connectivity index (χ0n) is 17.9. The molecule has 1 fully saturated rings. The van der Waals surface area contributed by atoms with E-state index in [9.17, 15) is 13.2 Å². The molecule has 1 aliphatic heterocycles. The molecule has 1 amide bonds. The van der Waals surface area contributed by atoms with Crippen LogP contribution in [0.2, 0.25) is 4.34 Å². The fourth-order valence-electron chi connectivity index (χ4n) is 3.66. The van der Waals surface area contributed by atoms with E-state index in [1.165, 1.54) is 21.7 Å². The van der Waals surface area contributed by atoms with Crippen LogP contribution in [0.15, 0.2) is 39.9 Å². The molecule has 4 rings (SSSR count). The third kappa shape index (κ3) is 5.02. The number of sulfonamides is 1. The number of amides is 1. The highest BCUT2D eigenvalue weighted by Crippen LogP contribution is 2.36. The van der Waals surface area contributed by atoms with Crippen molar-refractivity contribution in [2.75, 3.05) is 26.1 Å². The molecule has 8 nitrogen and oxygen atoms in total. The Morgan fingerprint density at radius 3 is 2.73 bits per heavy atom. The molecule has 0 aliphatic carbocycles. The van der Waals surface area contributed by atoms with Crippen molar-refractivity contribution in [3.05, 3.63) is 40.0 Å². The Balaban J connectivity index is 1.55. The summed E-state index contributed by atoms with van der Waals surface area (Å²) >= 11 is 8.18. The van der Waals surface area contributed by atoms with Crippen molar-refractivity contribution in [3.8, 4) is 22.8 Å². The van der Waals surface area contributed by atoms with Crippen molar-refractivity contribution >= 4 is 55.3 Å². The van der Waals surface area contributed by atoms with E-state index in [1.54, 1.807) is 43.9 Å². The second-order valence-electron chi connectivity index (χ2n) is 7.28. The molecule has 1 aliphatic rings. The Morgan fingerprint density at radius 1 is 1.21 bits per heavy atom. The Morgan fingerprint density at radius 2 is 2.03 bits per heavy atom. The highest BCUT2D eigenvalue weighted by Gasteiger charge is 2.38. The zero-order valence-corrected chi connectivity index (χ0v) is 21.1. The van der Waals surface area contributed by atoms with Gasteiger partial charge in [0.2, 0.25) is 5.91 Å². The molecule has 1 unspecified atom stereocenters. The minimum absolute atomic E-state index is 0.133. The topological polar surface area (TPSA) is 97.8 Å². The first kappa shape index (κ1) is 24.0. The molecule has 12 heteroatoms. The second-order valence-corrected chi connectivity index (χ2v) is 12.0. The van der Waals surface area contributed by atoms with Crippen LogP contribution in [0.1, 0.15) is 19.3 Å². The van der Waals surface area contributed by atoms with Crippen LogP contribution in [0.25, 0.3) is 11.3 Å². The number of nitrogens with one attached hydrogen (secondary N) is 1. The number of methoxy groups -OCH3 is 2. The van der Waals surface area contributed by atoms with E-state index < -0.39 is 22.0 Å². The fourth-order valence-corrected chi connectivity index (χ4v) is 7.65. The van der Waals surface area contributed by atoms with Gasteiger partial charge in [0, 0.05) is 17.5 Å². The first-order chi connectivity index (χ1) is 15.8. The first-order valence-corrected chi connectivity index (χ1v) is 13.6. The number of carbonyl (C=O) groups is 1. The summed E-state index contributed by atoms with van der Waals surface area (Å²) < 4.78 is 38.8.